The van der Waals surface area contributed by atoms with E-state index in [2.05, 4.69) is 60.6 Å². The molecule has 3 rings (SSSR count). The molecular weight excluding hydrogens is 350 g/mol. The van der Waals surface area contributed by atoms with Crippen molar-refractivity contribution in [3.63, 3.8) is 0 Å². The largest absolute Gasteiger partial charge is 0.381 e. The van der Waals surface area contributed by atoms with E-state index in [9.17, 15) is 0 Å². The molecule has 1 heterocycles. The van der Waals surface area contributed by atoms with E-state index < -0.39 is 0 Å². The highest BCUT2D eigenvalue weighted by Gasteiger charge is 2.13. The molecule has 1 saturated heterocycles. The third-order valence-electron chi connectivity index (χ3n) is 4.93. The van der Waals surface area contributed by atoms with Crippen LogP contribution in [0.25, 0.3) is 0 Å². The van der Waals surface area contributed by atoms with E-state index in [1.807, 2.05) is 12.1 Å². The summed E-state index contributed by atoms with van der Waals surface area (Å²) in [4.78, 5) is 4.45. The van der Waals surface area contributed by atoms with Crippen LogP contribution in [0, 0.1) is 0 Å². The number of benzene rings is 2. The zero-order chi connectivity index (χ0) is 19.8. The van der Waals surface area contributed by atoms with Gasteiger partial charge < -0.3 is 20.5 Å². The van der Waals surface area contributed by atoms with Crippen molar-refractivity contribution in [1.82, 2.24) is 0 Å². The summed E-state index contributed by atoms with van der Waals surface area (Å²) >= 11 is 0. The third-order valence-corrected chi connectivity index (χ3v) is 4.93. The number of nitrogens with one attached hydrogen (secondary N) is 1. The smallest absolute Gasteiger partial charge is 0.193 e. The van der Waals surface area contributed by atoms with E-state index in [1.54, 1.807) is 0 Å². The summed E-state index contributed by atoms with van der Waals surface area (Å²) in [5.41, 5.74) is 10.6. The lowest BCUT2D eigenvalue weighted by atomic mass is 10.0. The number of guanidine groups is 1. The molecule has 0 unspecified atom stereocenters. The Hall–Kier alpha value is -2.37. The fourth-order valence-electron chi connectivity index (χ4n) is 3.14. The highest BCUT2D eigenvalue weighted by atomic mass is 16.5. The van der Waals surface area contributed by atoms with Gasteiger partial charge in [-0.15, -0.1) is 0 Å². The van der Waals surface area contributed by atoms with Gasteiger partial charge in [0.15, 0.2) is 5.96 Å². The summed E-state index contributed by atoms with van der Waals surface area (Å²) in [6.07, 6.45) is 2.29. The van der Waals surface area contributed by atoms with Crippen LogP contribution in [-0.2, 0) is 22.6 Å². The fourth-order valence-corrected chi connectivity index (χ4v) is 3.14. The van der Waals surface area contributed by atoms with Crippen molar-refractivity contribution in [3.05, 3.63) is 65.2 Å². The molecule has 5 heteroatoms. The van der Waals surface area contributed by atoms with Gasteiger partial charge in [0.1, 0.15) is 0 Å². The molecule has 0 atom stereocenters. The predicted octanol–water partition coefficient (Wildman–Crippen LogP) is 4.43. The van der Waals surface area contributed by atoms with Crippen LogP contribution in [0.3, 0.4) is 0 Å². The lowest BCUT2D eigenvalue weighted by molar-refractivity contribution is -0.0390. The van der Waals surface area contributed by atoms with Gasteiger partial charge >= 0.3 is 0 Å². The molecule has 0 aliphatic carbocycles. The maximum atomic E-state index is 6.05. The monoisotopic (exact) mass is 381 g/mol. The van der Waals surface area contributed by atoms with Crippen molar-refractivity contribution < 1.29 is 9.47 Å². The molecule has 3 N–H and O–H groups in total. The summed E-state index contributed by atoms with van der Waals surface area (Å²) in [6, 6.07) is 16.6. The van der Waals surface area contributed by atoms with Crippen molar-refractivity contribution in [2.75, 3.05) is 18.5 Å². The molecule has 2 aromatic carbocycles. The number of ether oxygens (including phenoxy) is 2. The summed E-state index contributed by atoms with van der Waals surface area (Å²) in [5.74, 6) is 0.904. The molecule has 2 aromatic rings. The highest BCUT2D eigenvalue weighted by Crippen LogP contribution is 2.18. The van der Waals surface area contributed by atoms with Crippen LogP contribution < -0.4 is 11.1 Å². The second-order valence-electron chi connectivity index (χ2n) is 7.55. The molecule has 0 aromatic heterocycles. The van der Waals surface area contributed by atoms with Gasteiger partial charge in [0.2, 0.25) is 0 Å². The SMILES string of the molecule is CC(C)c1cccc(NC(N)=NCc2ccc(COC3CCOCC3)cc2)c1. The van der Waals surface area contributed by atoms with Gasteiger partial charge in [0.05, 0.1) is 19.3 Å². The van der Waals surface area contributed by atoms with E-state index >= 15 is 0 Å². The second-order valence-corrected chi connectivity index (χ2v) is 7.55. The first-order valence-electron chi connectivity index (χ1n) is 10.0. The molecule has 1 aliphatic heterocycles. The quantitative estimate of drug-likeness (QED) is 0.550. The molecule has 0 radical (unpaired) electrons. The zero-order valence-corrected chi connectivity index (χ0v) is 16.9. The molecule has 0 saturated carbocycles. The van der Waals surface area contributed by atoms with Crippen molar-refractivity contribution >= 4 is 11.6 Å². The number of hydrogen-bond donors (Lipinski definition) is 2. The standard InChI is InChI=1S/C23H31N3O2/c1-17(2)20-4-3-5-21(14-20)26-23(24)25-15-18-6-8-19(9-7-18)16-28-22-10-12-27-13-11-22/h3-9,14,17,22H,10-13,15-16H2,1-2H3,(H3,24,25,26). The van der Waals surface area contributed by atoms with Gasteiger partial charge in [0.25, 0.3) is 0 Å². The Morgan fingerprint density at radius 2 is 1.86 bits per heavy atom. The van der Waals surface area contributed by atoms with Crippen LogP contribution in [0.15, 0.2) is 53.5 Å². The Labute approximate surface area is 168 Å². The van der Waals surface area contributed by atoms with Crippen LogP contribution in [0.2, 0.25) is 0 Å². The van der Waals surface area contributed by atoms with Crippen molar-refractivity contribution in [1.29, 1.82) is 0 Å². The third kappa shape index (κ3) is 6.36. The van der Waals surface area contributed by atoms with Crippen molar-refractivity contribution in [3.8, 4) is 0 Å². The van der Waals surface area contributed by atoms with E-state index in [1.165, 1.54) is 11.1 Å². The minimum absolute atomic E-state index is 0.318. The molecule has 28 heavy (non-hydrogen) atoms. The van der Waals surface area contributed by atoms with E-state index in [0.29, 0.717) is 31.1 Å². The number of rotatable bonds is 7. The fraction of sp³-hybridized carbons (Fsp3) is 0.435. The average molecular weight is 382 g/mol. The highest BCUT2D eigenvalue weighted by molar-refractivity contribution is 5.92. The van der Waals surface area contributed by atoms with Gasteiger partial charge in [-0.2, -0.15) is 0 Å². The van der Waals surface area contributed by atoms with Gasteiger partial charge in [-0.3, -0.25) is 0 Å². The van der Waals surface area contributed by atoms with Crippen molar-refractivity contribution in [2.24, 2.45) is 10.7 Å². The van der Waals surface area contributed by atoms with Crippen LogP contribution in [0.4, 0.5) is 5.69 Å². The minimum Gasteiger partial charge on any atom is -0.381 e. The molecule has 1 fully saturated rings. The maximum absolute atomic E-state index is 6.05. The second kappa shape index (κ2) is 10.2. The van der Waals surface area contributed by atoms with Gasteiger partial charge in [-0.1, -0.05) is 50.2 Å². The lowest BCUT2D eigenvalue weighted by Gasteiger charge is -2.22. The number of hydrogen-bond acceptors (Lipinski definition) is 3. The molecule has 0 bridgehead atoms. The Morgan fingerprint density at radius 1 is 1.14 bits per heavy atom. The maximum Gasteiger partial charge on any atom is 0.193 e. The molecule has 0 amide bonds. The Bertz CT molecular complexity index is 766. The van der Waals surface area contributed by atoms with Gasteiger partial charge in [-0.05, 0) is 47.6 Å². The van der Waals surface area contributed by atoms with Gasteiger partial charge in [-0.25, -0.2) is 4.99 Å². The van der Waals surface area contributed by atoms with E-state index in [4.69, 9.17) is 15.2 Å². The Balaban J connectivity index is 1.48. The summed E-state index contributed by atoms with van der Waals surface area (Å²) in [6.45, 7) is 7.15. The first-order chi connectivity index (χ1) is 13.6. The van der Waals surface area contributed by atoms with Crippen LogP contribution in [-0.4, -0.2) is 25.3 Å². The van der Waals surface area contributed by atoms with Gasteiger partial charge in [0, 0.05) is 18.9 Å². The molecular formula is C23H31N3O2. The van der Waals surface area contributed by atoms with Crippen LogP contribution in [0.5, 0.6) is 0 Å². The van der Waals surface area contributed by atoms with Crippen LogP contribution >= 0.6 is 0 Å². The van der Waals surface area contributed by atoms with E-state index in [-0.39, 0.29) is 0 Å². The molecule has 1 aliphatic rings. The minimum atomic E-state index is 0.318. The normalized spacial score (nSPS) is 15.8. The first kappa shape index (κ1) is 20.4. The summed E-state index contributed by atoms with van der Waals surface area (Å²) in [7, 11) is 0. The number of nitrogens with zero attached hydrogens (tertiary/aromatic N) is 1. The summed E-state index contributed by atoms with van der Waals surface area (Å²) in [5, 5.41) is 3.17. The molecule has 5 nitrogen and oxygen atoms in total. The number of nitrogens with two attached hydrogens (primary N) is 1. The Morgan fingerprint density at radius 3 is 2.57 bits per heavy atom. The topological polar surface area (TPSA) is 68.9 Å². The molecule has 150 valence electrons. The first-order valence-corrected chi connectivity index (χ1v) is 10.0. The summed E-state index contributed by atoms with van der Waals surface area (Å²) < 4.78 is 11.3. The molecule has 0 spiro atoms. The predicted molar refractivity (Wildman–Crippen MR) is 115 cm³/mol. The van der Waals surface area contributed by atoms with Crippen LogP contribution in [0.1, 0.15) is 49.3 Å². The zero-order valence-electron chi connectivity index (χ0n) is 16.9. The van der Waals surface area contributed by atoms with Crippen molar-refractivity contribution in [2.45, 2.75) is 51.9 Å². The number of aliphatic imine (C=N–C) groups is 1. The number of anilines is 1. The lowest BCUT2D eigenvalue weighted by Crippen LogP contribution is -2.23. The van der Waals surface area contributed by atoms with E-state index in [0.717, 1.165) is 37.3 Å². The Kier molecular flexibility index (Phi) is 7.46. The average Bonchev–Trinajstić information content (AvgIpc) is 2.72.